The molecule has 3 aromatic rings. The number of nitrogen functional groups attached to an aromatic ring is 1. The minimum atomic E-state index is -0.329. The first-order valence-corrected chi connectivity index (χ1v) is 12.3. The number of hydrogen-bond donors (Lipinski definition) is 2. The van der Waals surface area contributed by atoms with Crippen molar-refractivity contribution in [2.75, 3.05) is 18.9 Å². The smallest absolute Gasteiger partial charge is 0.182 e. The first kappa shape index (κ1) is 25.6. The average molecular weight is 493 g/mol. The lowest BCUT2D eigenvalue weighted by atomic mass is 9.78. The van der Waals surface area contributed by atoms with Gasteiger partial charge in [-0.2, -0.15) is 0 Å². The van der Waals surface area contributed by atoms with Crippen molar-refractivity contribution < 1.29 is 24.2 Å². The van der Waals surface area contributed by atoms with Crippen molar-refractivity contribution in [1.29, 1.82) is 0 Å². The Bertz CT molecular complexity index is 1290. The predicted octanol–water partition coefficient (Wildman–Crippen LogP) is 5.38. The molecule has 1 atom stereocenters. The fourth-order valence-electron chi connectivity index (χ4n) is 4.57. The molecule has 1 unspecified atom stereocenters. The maximum Gasteiger partial charge on any atom is 0.182 e. The van der Waals surface area contributed by atoms with Crippen molar-refractivity contribution >= 4 is 28.7 Å². The molecule has 1 aliphatic rings. The molecule has 0 bridgehead atoms. The van der Waals surface area contributed by atoms with Crippen molar-refractivity contribution in [3.05, 3.63) is 47.2 Å². The highest BCUT2D eigenvalue weighted by Gasteiger charge is 2.28. The van der Waals surface area contributed by atoms with Gasteiger partial charge in [0.2, 0.25) is 0 Å². The van der Waals surface area contributed by atoms with Crippen LogP contribution in [0.2, 0.25) is 0 Å². The first-order chi connectivity index (χ1) is 16.8. The Hall–Kier alpha value is -3.48. The van der Waals surface area contributed by atoms with Crippen molar-refractivity contribution in [2.45, 2.75) is 65.3 Å². The molecular weight excluding hydrogens is 456 g/mol. The number of nitrogens with two attached hydrogens (primary N) is 1. The molecule has 1 aliphatic heterocycles. The standard InChI is InChI=1S/C29H36N2O5/c1-28(2,3)21-9-18(10-22(26(21)34)29(4,5)6)23(33)14-31-13-19-11-24-25(12-20(19)27(31)30)36-16-17(7-8-32)15-35-24/h8-13,17,34H,7,14-16,30H2,1-6H3. The van der Waals surface area contributed by atoms with Gasteiger partial charge in [0.15, 0.2) is 17.3 Å². The normalized spacial score (nSPS) is 16.1. The van der Waals surface area contributed by atoms with Gasteiger partial charge in [0.05, 0.1) is 19.8 Å². The second-order valence-corrected chi connectivity index (χ2v) is 11.8. The Balaban J connectivity index is 1.67. The maximum atomic E-state index is 13.5. The van der Waals surface area contributed by atoms with Crippen molar-refractivity contribution in [3.8, 4) is 17.2 Å². The number of carbonyl (C=O) groups excluding carboxylic acids is 2. The van der Waals surface area contributed by atoms with Crippen LogP contribution in [0.15, 0.2) is 30.5 Å². The maximum absolute atomic E-state index is 13.5. The lowest BCUT2D eigenvalue weighted by Gasteiger charge is -2.28. The van der Waals surface area contributed by atoms with E-state index in [9.17, 15) is 14.7 Å². The molecule has 4 rings (SSSR count). The molecule has 0 radical (unpaired) electrons. The molecule has 3 N–H and O–H groups in total. The van der Waals surface area contributed by atoms with Crippen LogP contribution in [0.1, 0.15) is 69.4 Å². The summed E-state index contributed by atoms with van der Waals surface area (Å²) >= 11 is 0. The van der Waals surface area contributed by atoms with E-state index < -0.39 is 0 Å². The number of phenols is 1. The third-order valence-corrected chi connectivity index (χ3v) is 6.74. The highest BCUT2D eigenvalue weighted by atomic mass is 16.5. The van der Waals surface area contributed by atoms with E-state index in [1.54, 1.807) is 16.7 Å². The zero-order valence-corrected chi connectivity index (χ0v) is 22.0. The van der Waals surface area contributed by atoms with Gasteiger partial charge >= 0.3 is 0 Å². The van der Waals surface area contributed by atoms with E-state index >= 15 is 0 Å². The number of ether oxygens (including phenoxy) is 2. The highest BCUT2D eigenvalue weighted by Crippen LogP contribution is 2.41. The SMILES string of the molecule is CC(C)(C)c1cc(C(=O)Cn2cc3cc4c(cc3c2N)OCC(CC=O)CO4)cc(C(C)(C)C)c1O. The number of benzene rings is 2. The number of aromatic nitrogens is 1. The second-order valence-electron chi connectivity index (χ2n) is 11.8. The number of ketones is 1. The van der Waals surface area contributed by atoms with Crippen LogP contribution < -0.4 is 15.2 Å². The summed E-state index contributed by atoms with van der Waals surface area (Å²) < 4.78 is 13.5. The second kappa shape index (κ2) is 9.19. The number of aromatic hydroxyl groups is 1. The fraction of sp³-hybridized carbons (Fsp3) is 0.448. The zero-order valence-electron chi connectivity index (χ0n) is 22.0. The van der Waals surface area contributed by atoms with E-state index in [-0.39, 0.29) is 34.8 Å². The van der Waals surface area contributed by atoms with Crippen LogP contribution in [0.3, 0.4) is 0 Å². The van der Waals surface area contributed by atoms with E-state index in [0.29, 0.717) is 42.5 Å². The quantitative estimate of drug-likeness (QED) is 0.366. The first-order valence-electron chi connectivity index (χ1n) is 12.3. The molecule has 7 nitrogen and oxygen atoms in total. The van der Waals surface area contributed by atoms with Gasteiger partial charge in [-0.15, -0.1) is 0 Å². The van der Waals surface area contributed by atoms with Gasteiger partial charge in [-0.1, -0.05) is 41.5 Å². The molecule has 0 spiro atoms. The molecule has 0 fully saturated rings. The molecule has 192 valence electrons. The van der Waals surface area contributed by atoms with E-state index in [1.807, 2.05) is 59.9 Å². The molecule has 2 heterocycles. The average Bonchev–Trinajstić information content (AvgIpc) is 2.94. The van der Waals surface area contributed by atoms with Gasteiger partial charge in [0.1, 0.15) is 17.9 Å². The van der Waals surface area contributed by atoms with Crippen LogP contribution in [0.4, 0.5) is 5.82 Å². The monoisotopic (exact) mass is 492 g/mol. The van der Waals surface area contributed by atoms with Crippen molar-refractivity contribution in [1.82, 2.24) is 4.57 Å². The molecule has 2 aromatic carbocycles. The third kappa shape index (κ3) is 4.92. The molecule has 0 saturated carbocycles. The van der Waals surface area contributed by atoms with Crippen molar-refractivity contribution in [3.63, 3.8) is 0 Å². The van der Waals surface area contributed by atoms with E-state index in [2.05, 4.69) is 0 Å². The Morgan fingerprint density at radius 2 is 1.58 bits per heavy atom. The molecule has 7 heteroatoms. The van der Waals surface area contributed by atoms with Gasteiger partial charge in [-0.05, 0) is 35.1 Å². The molecule has 0 saturated heterocycles. The van der Waals surface area contributed by atoms with Crippen LogP contribution in [0, 0.1) is 5.92 Å². The molecule has 0 aliphatic carbocycles. The summed E-state index contributed by atoms with van der Waals surface area (Å²) in [5, 5.41) is 12.6. The molecular formula is C29H36N2O5. The summed E-state index contributed by atoms with van der Waals surface area (Å²) in [6, 6.07) is 7.29. The van der Waals surface area contributed by atoms with E-state index in [0.717, 1.165) is 28.2 Å². The Morgan fingerprint density at radius 1 is 1.03 bits per heavy atom. The van der Waals surface area contributed by atoms with Crippen LogP contribution in [-0.4, -0.2) is 35.0 Å². The third-order valence-electron chi connectivity index (χ3n) is 6.74. The summed E-state index contributed by atoms with van der Waals surface area (Å²) in [7, 11) is 0. The number of carbonyl (C=O) groups is 2. The minimum Gasteiger partial charge on any atom is -0.507 e. The number of aldehydes is 1. The molecule has 36 heavy (non-hydrogen) atoms. The van der Waals surface area contributed by atoms with Crippen LogP contribution in [0.25, 0.3) is 10.8 Å². The van der Waals surface area contributed by atoms with Crippen LogP contribution in [0.5, 0.6) is 17.2 Å². The predicted molar refractivity (Wildman–Crippen MR) is 141 cm³/mol. The number of hydrogen-bond acceptors (Lipinski definition) is 6. The number of phenolic OH excluding ortho intramolecular Hbond substituents is 1. The lowest BCUT2D eigenvalue weighted by molar-refractivity contribution is -0.109. The number of rotatable bonds is 5. The highest BCUT2D eigenvalue weighted by molar-refractivity contribution is 5.99. The fourth-order valence-corrected chi connectivity index (χ4v) is 4.57. The number of anilines is 1. The summed E-state index contributed by atoms with van der Waals surface area (Å²) in [4.78, 5) is 24.3. The van der Waals surface area contributed by atoms with E-state index in [1.165, 1.54) is 0 Å². The summed E-state index contributed by atoms with van der Waals surface area (Å²) in [6.45, 7) is 13.0. The van der Waals surface area contributed by atoms with Crippen LogP contribution >= 0.6 is 0 Å². The number of Topliss-reactive ketones (excluding diaryl/α,β-unsaturated/α-hetero) is 1. The largest absolute Gasteiger partial charge is 0.507 e. The Morgan fingerprint density at radius 3 is 2.11 bits per heavy atom. The Kier molecular flexibility index (Phi) is 6.54. The van der Waals surface area contributed by atoms with Gasteiger partial charge in [-0.3, -0.25) is 4.79 Å². The minimum absolute atomic E-state index is 0.00505. The molecule has 1 aromatic heterocycles. The van der Waals surface area contributed by atoms with Crippen LogP contribution in [-0.2, 0) is 22.2 Å². The number of fused-ring (bicyclic) bond motifs is 2. The van der Waals surface area contributed by atoms with Gasteiger partial charge in [0.25, 0.3) is 0 Å². The summed E-state index contributed by atoms with van der Waals surface area (Å²) in [6.07, 6.45) is 3.11. The van der Waals surface area contributed by atoms with Gasteiger partial charge in [-0.25, -0.2) is 0 Å². The zero-order chi connectivity index (χ0) is 26.4. The van der Waals surface area contributed by atoms with E-state index in [4.69, 9.17) is 15.2 Å². The van der Waals surface area contributed by atoms with Crippen molar-refractivity contribution in [2.24, 2.45) is 5.92 Å². The molecule has 0 amide bonds. The topological polar surface area (TPSA) is 104 Å². The number of nitrogens with zero attached hydrogens (tertiary/aromatic N) is 1. The summed E-state index contributed by atoms with van der Waals surface area (Å²) in [5.41, 5.74) is 7.84. The summed E-state index contributed by atoms with van der Waals surface area (Å²) in [5.74, 6) is 1.80. The van der Waals surface area contributed by atoms with Gasteiger partial charge in [0, 0.05) is 46.0 Å². The lowest BCUT2D eigenvalue weighted by Crippen LogP contribution is -2.20. The van der Waals surface area contributed by atoms with Gasteiger partial charge < -0.3 is 29.7 Å². The Labute approximate surface area is 212 Å².